The first-order valence-electron chi connectivity index (χ1n) is 5.53. The van der Waals surface area contributed by atoms with E-state index >= 15 is 0 Å². The predicted octanol–water partition coefficient (Wildman–Crippen LogP) is 2.98. The molecule has 2 heteroatoms. The molecule has 1 aromatic carbocycles. The van der Waals surface area contributed by atoms with Crippen LogP contribution in [0.25, 0.3) is 0 Å². The lowest BCUT2D eigenvalue weighted by Gasteiger charge is -2.23. The first kappa shape index (κ1) is 10.6. The van der Waals surface area contributed by atoms with Crippen molar-refractivity contribution in [2.24, 2.45) is 5.73 Å². The quantitative estimate of drug-likeness (QED) is 0.792. The predicted molar refractivity (Wildman–Crippen MR) is 60.3 cm³/mol. The van der Waals surface area contributed by atoms with Crippen molar-refractivity contribution >= 4 is 0 Å². The fraction of sp³-hybridized carbons (Fsp3) is 0.538. The molecule has 0 radical (unpaired) electrons. The van der Waals surface area contributed by atoms with E-state index in [2.05, 4.69) is 0 Å². The number of hydrogen-bond donors (Lipinski definition) is 1. The summed E-state index contributed by atoms with van der Waals surface area (Å²) in [7, 11) is 0. The minimum atomic E-state index is -0.168. The largest absolute Gasteiger partial charge is 0.326 e. The number of halogens is 1. The molecule has 82 valence electrons. The minimum Gasteiger partial charge on any atom is -0.326 e. The van der Waals surface area contributed by atoms with Gasteiger partial charge < -0.3 is 5.73 Å². The van der Waals surface area contributed by atoms with Gasteiger partial charge in [0, 0.05) is 5.54 Å². The van der Waals surface area contributed by atoms with Gasteiger partial charge in [-0.25, -0.2) is 4.39 Å². The third-order valence-electron chi connectivity index (χ3n) is 3.08. The highest BCUT2D eigenvalue weighted by Gasteiger charge is 2.27. The Kier molecular flexibility index (Phi) is 2.55. The van der Waals surface area contributed by atoms with Gasteiger partial charge in [-0.05, 0) is 62.3 Å². The number of nitrogens with two attached hydrogens (primary N) is 1. The van der Waals surface area contributed by atoms with Crippen molar-refractivity contribution in [3.8, 4) is 0 Å². The fourth-order valence-corrected chi connectivity index (χ4v) is 2.51. The molecular formula is C13H18FN. The normalized spacial score (nSPS) is 20.4. The maximum absolute atomic E-state index is 13.1. The molecule has 0 saturated carbocycles. The van der Waals surface area contributed by atoms with E-state index in [0.717, 1.165) is 19.3 Å². The van der Waals surface area contributed by atoms with Crippen LogP contribution in [0.4, 0.5) is 4.39 Å². The van der Waals surface area contributed by atoms with Crippen molar-refractivity contribution in [3.63, 3.8) is 0 Å². The summed E-state index contributed by atoms with van der Waals surface area (Å²) >= 11 is 0. The van der Waals surface area contributed by atoms with Crippen LogP contribution in [0, 0.1) is 5.82 Å². The molecule has 0 bridgehead atoms. The molecule has 0 saturated heterocycles. The average molecular weight is 207 g/mol. The molecule has 0 aromatic heterocycles. The van der Waals surface area contributed by atoms with E-state index in [0.29, 0.717) is 5.92 Å². The zero-order chi connectivity index (χ0) is 11.1. The van der Waals surface area contributed by atoms with E-state index in [1.54, 1.807) is 12.1 Å². The minimum absolute atomic E-state index is 0.129. The third kappa shape index (κ3) is 2.37. The number of fused-ring (bicyclic) bond motifs is 1. The van der Waals surface area contributed by atoms with Crippen LogP contribution in [0.5, 0.6) is 0 Å². The molecule has 2 N–H and O–H groups in total. The SMILES string of the molecule is CC(C)(N)CC1CCc2ccc(F)cc21. The maximum Gasteiger partial charge on any atom is 0.123 e. The zero-order valence-corrected chi connectivity index (χ0v) is 9.39. The van der Waals surface area contributed by atoms with E-state index in [-0.39, 0.29) is 11.4 Å². The van der Waals surface area contributed by atoms with Gasteiger partial charge in [0.1, 0.15) is 5.82 Å². The Balaban J connectivity index is 2.24. The summed E-state index contributed by atoms with van der Waals surface area (Å²) < 4.78 is 13.1. The summed E-state index contributed by atoms with van der Waals surface area (Å²) in [6.07, 6.45) is 3.11. The lowest BCUT2D eigenvalue weighted by molar-refractivity contribution is 0.421. The molecule has 0 amide bonds. The van der Waals surface area contributed by atoms with E-state index in [1.165, 1.54) is 11.1 Å². The van der Waals surface area contributed by atoms with Gasteiger partial charge in [0.15, 0.2) is 0 Å². The zero-order valence-electron chi connectivity index (χ0n) is 9.39. The number of rotatable bonds is 2. The molecule has 1 aromatic rings. The van der Waals surface area contributed by atoms with Gasteiger partial charge in [0.05, 0.1) is 0 Å². The summed E-state index contributed by atoms with van der Waals surface area (Å²) in [4.78, 5) is 0. The van der Waals surface area contributed by atoms with Gasteiger partial charge >= 0.3 is 0 Å². The van der Waals surface area contributed by atoms with Crippen LogP contribution in [0.2, 0.25) is 0 Å². The topological polar surface area (TPSA) is 26.0 Å². The van der Waals surface area contributed by atoms with Crippen molar-refractivity contribution in [2.45, 2.75) is 44.6 Å². The smallest absolute Gasteiger partial charge is 0.123 e. The van der Waals surface area contributed by atoms with Crippen molar-refractivity contribution in [1.82, 2.24) is 0 Å². The van der Waals surface area contributed by atoms with Crippen LogP contribution in [0.15, 0.2) is 18.2 Å². The van der Waals surface area contributed by atoms with E-state index in [1.807, 2.05) is 19.9 Å². The highest BCUT2D eigenvalue weighted by molar-refractivity contribution is 5.35. The first-order chi connectivity index (χ1) is 6.96. The molecule has 2 rings (SSSR count). The molecule has 1 nitrogen and oxygen atoms in total. The molecule has 0 spiro atoms. The lowest BCUT2D eigenvalue weighted by atomic mass is 9.87. The monoisotopic (exact) mass is 207 g/mol. The summed E-state index contributed by atoms with van der Waals surface area (Å²) in [5, 5.41) is 0. The average Bonchev–Trinajstić information content (AvgIpc) is 2.46. The third-order valence-corrected chi connectivity index (χ3v) is 3.08. The van der Waals surface area contributed by atoms with Crippen molar-refractivity contribution in [2.75, 3.05) is 0 Å². The molecule has 1 atom stereocenters. The molecule has 0 fully saturated rings. The van der Waals surface area contributed by atoms with Gasteiger partial charge in [-0.3, -0.25) is 0 Å². The molecule has 1 aliphatic rings. The Labute approximate surface area is 90.5 Å². The van der Waals surface area contributed by atoms with Crippen LogP contribution >= 0.6 is 0 Å². The second kappa shape index (κ2) is 3.60. The highest BCUT2D eigenvalue weighted by Crippen LogP contribution is 2.37. The number of hydrogen-bond acceptors (Lipinski definition) is 1. The highest BCUT2D eigenvalue weighted by atomic mass is 19.1. The summed E-state index contributed by atoms with van der Waals surface area (Å²) in [6.45, 7) is 4.06. The second-order valence-corrected chi connectivity index (χ2v) is 5.27. The summed E-state index contributed by atoms with van der Waals surface area (Å²) in [5.41, 5.74) is 8.32. The fourth-order valence-electron chi connectivity index (χ4n) is 2.51. The standard InChI is InChI=1S/C13H18FN/c1-13(2,15)8-10-4-3-9-5-6-11(14)7-12(9)10/h5-7,10H,3-4,8,15H2,1-2H3. The van der Waals surface area contributed by atoms with E-state index < -0.39 is 0 Å². The van der Waals surface area contributed by atoms with Crippen LogP contribution in [0.3, 0.4) is 0 Å². The summed E-state index contributed by atoms with van der Waals surface area (Å²) in [5.74, 6) is 0.311. The van der Waals surface area contributed by atoms with Crippen LogP contribution in [-0.2, 0) is 6.42 Å². The number of benzene rings is 1. The van der Waals surface area contributed by atoms with Crippen molar-refractivity contribution in [1.29, 1.82) is 0 Å². The van der Waals surface area contributed by atoms with Gasteiger partial charge in [-0.1, -0.05) is 6.07 Å². The van der Waals surface area contributed by atoms with E-state index in [4.69, 9.17) is 5.73 Å². The molecule has 0 heterocycles. The second-order valence-electron chi connectivity index (χ2n) is 5.27. The Hall–Kier alpha value is -0.890. The Morgan fingerprint density at radius 3 is 2.87 bits per heavy atom. The van der Waals surface area contributed by atoms with Crippen LogP contribution in [-0.4, -0.2) is 5.54 Å². The molecule has 1 aliphatic carbocycles. The van der Waals surface area contributed by atoms with Crippen molar-refractivity contribution < 1.29 is 4.39 Å². The number of aryl methyl sites for hydroxylation is 1. The van der Waals surface area contributed by atoms with Gasteiger partial charge in [-0.2, -0.15) is 0 Å². The maximum atomic E-state index is 13.1. The molecule has 0 aliphatic heterocycles. The molecule has 15 heavy (non-hydrogen) atoms. The first-order valence-corrected chi connectivity index (χ1v) is 5.53. The lowest BCUT2D eigenvalue weighted by Crippen LogP contribution is -2.33. The van der Waals surface area contributed by atoms with E-state index in [9.17, 15) is 4.39 Å². The van der Waals surface area contributed by atoms with Crippen LogP contribution in [0.1, 0.15) is 43.7 Å². The Bertz CT molecular complexity index is 365. The van der Waals surface area contributed by atoms with Gasteiger partial charge in [-0.15, -0.1) is 0 Å². The molecular weight excluding hydrogens is 189 g/mol. The Morgan fingerprint density at radius 2 is 2.20 bits per heavy atom. The van der Waals surface area contributed by atoms with Crippen LogP contribution < -0.4 is 5.73 Å². The Morgan fingerprint density at radius 1 is 1.47 bits per heavy atom. The summed E-state index contributed by atoms with van der Waals surface area (Å²) in [6, 6.07) is 5.14. The molecule has 1 unspecified atom stereocenters. The van der Waals surface area contributed by atoms with Crippen molar-refractivity contribution in [3.05, 3.63) is 35.1 Å². The van der Waals surface area contributed by atoms with Gasteiger partial charge in [0.25, 0.3) is 0 Å². The van der Waals surface area contributed by atoms with Gasteiger partial charge in [0.2, 0.25) is 0 Å².